The molecule has 0 radical (unpaired) electrons. The number of ether oxygens (including phenoxy) is 2. The van der Waals surface area contributed by atoms with Crippen LogP contribution in [0.25, 0.3) is 0 Å². The average Bonchev–Trinajstić information content (AvgIpc) is 2.05. The van der Waals surface area contributed by atoms with Crippen LogP contribution in [0.5, 0.6) is 0 Å². The van der Waals surface area contributed by atoms with E-state index in [9.17, 15) is 0 Å². The van der Waals surface area contributed by atoms with Gasteiger partial charge in [0.2, 0.25) is 0 Å². The normalized spacial score (nSPS) is 16.4. The summed E-state index contributed by atoms with van der Waals surface area (Å²) in [6.07, 6.45) is 1.26. The molecule has 0 saturated heterocycles. The molecular formula is C8H19NO2. The zero-order chi connectivity index (χ0) is 8.69. The number of hydrogen-bond donors (Lipinski definition) is 1. The Balaban J connectivity index is 3.76. The van der Waals surface area contributed by atoms with E-state index in [2.05, 4.69) is 12.2 Å². The molecule has 0 fully saturated rings. The van der Waals surface area contributed by atoms with Crippen LogP contribution in [0.2, 0.25) is 0 Å². The number of hydrogen-bond acceptors (Lipinski definition) is 3. The van der Waals surface area contributed by atoms with Gasteiger partial charge in [-0.3, -0.25) is 0 Å². The molecule has 0 spiro atoms. The van der Waals surface area contributed by atoms with Gasteiger partial charge >= 0.3 is 0 Å². The van der Waals surface area contributed by atoms with Crippen LogP contribution in [0, 0.1) is 0 Å². The molecule has 0 bridgehead atoms. The van der Waals surface area contributed by atoms with Crippen molar-refractivity contribution in [3.05, 3.63) is 0 Å². The first-order valence-corrected chi connectivity index (χ1v) is 3.99. The summed E-state index contributed by atoms with van der Waals surface area (Å²) in [5, 5.41) is 3.15. The highest BCUT2D eigenvalue weighted by Crippen LogP contribution is 2.02. The van der Waals surface area contributed by atoms with Crippen molar-refractivity contribution in [2.75, 3.05) is 27.9 Å². The Hall–Kier alpha value is -0.120. The third-order valence-electron chi connectivity index (χ3n) is 1.87. The van der Waals surface area contributed by atoms with Gasteiger partial charge in [0.15, 0.2) is 0 Å². The predicted molar refractivity (Wildman–Crippen MR) is 45.8 cm³/mol. The van der Waals surface area contributed by atoms with Crippen LogP contribution in [0.3, 0.4) is 0 Å². The van der Waals surface area contributed by atoms with Crippen LogP contribution in [0.15, 0.2) is 0 Å². The van der Waals surface area contributed by atoms with Gasteiger partial charge in [-0.05, 0) is 13.5 Å². The first kappa shape index (κ1) is 10.9. The lowest BCUT2D eigenvalue weighted by Gasteiger charge is -2.23. The quantitative estimate of drug-likeness (QED) is 0.620. The van der Waals surface area contributed by atoms with Crippen molar-refractivity contribution in [2.45, 2.75) is 25.5 Å². The number of likely N-dealkylation sites (N-methyl/N-ethyl adjacent to an activating group) is 1. The molecule has 0 rings (SSSR count). The molecule has 0 aliphatic carbocycles. The monoisotopic (exact) mass is 161 g/mol. The maximum Gasteiger partial charge on any atom is 0.0744 e. The van der Waals surface area contributed by atoms with E-state index < -0.39 is 0 Å². The number of nitrogens with one attached hydrogen (secondary N) is 1. The minimum atomic E-state index is 0.250. The molecule has 68 valence electrons. The van der Waals surface area contributed by atoms with Crippen LogP contribution in [-0.2, 0) is 9.47 Å². The van der Waals surface area contributed by atoms with Gasteiger partial charge in [-0.2, -0.15) is 0 Å². The van der Waals surface area contributed by atoms with Crippen LogP contribution < -0.4 is 5.32 Å². The maximum absolute atomic E-state index is 5.26. The highest BCUT2D eigenvalue weighted by Gasteiger charge is 2.16. The maximum atomic E-state index is 5.26. The van der Waals surface area contributed by atoms with Crippen molar-refractivity contribution in [1.29, 1.82) is 0 Å². The number of methoxy groups -OCH3 is 2. The molecule has 0 heterocycles. The molecule has 0 aliphatic heterocycles. The van der Waals surface area contributed by atoms with Gasteiger partial charge in [0.25, 0.3) is 0 Å². The van der Waals surface area contributed by atoms with Crippen molar-refractivity contribution in [3.8, 4) is 0 Å². The molecule has 0 saturated carbocycles. The molecule has 2 atom stereocenters. The van der Waals surface area contributed by atoms with Gasteiger partial charge in [0.1, 0.15) is 0 Å². The fourth-order valence-corrected chi connectivity index (χ4v) is 1.17. The molecule has 11 heavy (non-hydrogen) atoms. The van der Waals surface area contributed by atoms with E-state index in [0.717, 1.165) is 6.42 Å². The molecule has 0 aliphatic rings. The molecule has 0 aromatic heterocycles. The lowest BCUT2D eigenvalue weighted by atomic mass is 10.1. The van der Waals surface area contributed by atoms with E-state index in [0.29, 0.717) is 12.6 Å². The van der Waals surface area contributed by atoms with E-state index in [1.165, 1.54) is 0 Å². The van der Waals surface area contributed by atoms with E-state index >= 15 is 0 Å². The van der Waals surface area contributed by atoms with Crippen LogP contribution in [0.4, 0.5) is 0 Å². The second kappa shape index (κ2) is 6.58. The second-order valence-electron chi connectivity index (χ2n) is 2.53. The Kier molecular flexibility index (Phi) is 6.51. The molecule has 1 N–H and O–H groups in total. The van der Waals surface area contributed by atoms with Crippen molar-refractivity contribution in [2.24, 2.45) is 0 Å². The first-order chi connectivity index (χ1) is 5.29. The minimum Gasteiger partial charge on any atom is -0.383 e. The average molecular weight is 161 g/mol. The topological polar surface area (TPSA) is 30.5 Å². The third-order valence-corrected chi connectivity index (χ3v) is 1.87. The summed E-state index contributed by atoms with van der Waals surface area (Å²) >= 11 is 0. The molecule has 3 heteroatoms. The highest BCUT2D eigenvalue weighted by molar-refractivity contribution is 4.73. The van der Waals surface area contributed by atoms with Crippen molar-refractivity contribution in [1.82, 2.24) is 5.32 Å². The van der Waals surface area contributed by atoms with Gasteiger partial charge in [-0.1, -0.05) is 6.92 Å². The lowest BCUT2D eigenvalue weighted by Crippen LogP contribution is -2.41. The largest absolute Gasteiger partial charge is 0.383 e. The highest BCUT2D eigenvalue weighted by atomic mass is 16.5. The summed E-state index contributed by atoms with van der Waals surface area (Å²) in [4.78, 5) is 0. The summed E-state index contributed by atoms with van der Waals surface area (Å²) in [6, 6.07) is 0.301. The Morgan fingerprint density at radius 1 is 1.36 bits per heavy atom. The van der Waals surface area contributed by atoms with E-state index in [1.54, 1.807) is 14.2 Å². The smallest absolute Gasteiger partial charge is 0.0744 e. The molecule has 0 aromatic rings. The molecule has 0 aromatic carbocycles. The predicted octanol–water partition coefficient (Wildman–Crippen LogP) is 0.646. The fraction of sp³-hybridized carbons (Fsp3) is 1.00. The van der Waals surface area contributed by atoms with Crippen molar-refractivity contribution >= 4 is 0 Å². The van der Waals surface area contributed by atoms with Gasteiger partial charge < -0.3 is 14.8 Å². The Bertz CT molecular complexity index is 84.2. The summed E-state index contributed by atoms with van der Waals surface area (Å²) in [5.74, 6) is 0. The Morgan fingerprint density at radius 2 is 2.00 bits per heavy atom. The zero-order valence-electron chi connectivity index (χ0n) is 7.89. The van der Waals surface area contributed by atoms with Crippen molar-refractivity contribution < 1.29 is 9.47 Å². The minimum absolute atomic E-state index is 0.250. The SMILES string of the molecule is CCC(OC)C(COC)NC. The second-order valence-corrected chi connectivity index (χ2v) is 2.53. The summed E-state index contributed by atoms with van der Waals surface area (Å²) in [5.41, 5.74) is 0. The molecule has 0 amide bonds. The first-order valence-electron chi connectivity index (χ1n) is 3.99. The van der Waals surface area contributed by atoms with Crippen molar-refractivity contribution in [3.63, 3.8) is 0 Å². The summed E-state index contributed by atoms with van der Waals surface area (Å²) in [6.45, 7) is 2.80. The third kappa shape index (κ3) is 3.70. The zero-order valence-corrected chi connectivity index (χ0v) is 7.89. The molecule has 2 unspecified atom stereocenters. The van der Waals surface area contributed by atoms with E-state index in [-0.39, 0.29) is 6.10 Å². The molecular weight excluding hydrogens is 142 g/mol. The standard InChI is InChI=1S/C8H19NO2/c1-5-8(11-4)7(9-2)6-10-3/h7-9H,5-6H2,1-4H3. The summed E-state index contributed by atoms with van der Waals surface area (Å²) < 4.78 is 10.3. The van der Waals surface area contributed by atoms with E-state index in [1.807, 2.05) is 7.05 Å². The Morgan fingerprint density at radius 3 is 2.27 bits per heavy atom. The Labute approximate surface area is 69.1 Å². The van der Waals surface area contributed by atoms with Crippen LogP contribution in [0.1, 0.15) is 13.3 Å². The van der Waals surface area contributed by atoms with Gasteiger partial charge in [-0.15, -0.1) is 0 Å². The summed E-state index contributed by atoms with van der Waals surface area (Å²) in [7, 11) is 5.35. The van der Waals surface area contributed by atoms with Crippen LogP contribution >= 0.6 is 0 Å². The lowest BCUT2D eigenvalue weighted by molar-refractivity contribution is 0.0349. The van der Waals surface area contributed by atoms with Gasteiger partial charge in [-0.25, -0.2) is 0 Å². The van der Waals surface area contributed by atoms with E-state index in [4.69, 9.17) is 9.47 Å². The van der Waals surface area contributed by atoms with Gasteiger partial charge in [0, 0.05) is 14.2 Å². The molecule has 3 nitrogen and oxygen atoms in total. The fourth-order valence-electron chi connectivity index (χ4n) is 1.17. The number of rotatable bonds is 6. The van der Waals surface area contributed by atoms with Gasteiger partial charge in [0.05, 0.1) is 18.8 Å². The van der Waals surface area contributed by atoms with Crippen LogP contribution in [-0.4, -0.2) is 40.0 Å².